The van der Waals surface area contributed by atoms with Crippen LogP contribution in [0.5, 0.6) is 0 Å². The second-order valence-corrected chi connectivity index (χ2v) is 4.27. The quantitative estimate of drug-likeness (QED) is 0.461. The van der Waals surface area contributed by atoms with Crippen molar-refractivity contribution in [2.75, 3.05) is 5.32 Å². The van der Waals surface area contributed by atoms with Gasteiger partial charge in [-0.15, -0.1) is 0 Å². The molecule has 1 aliphatic rings. The Kier molecular flexibility index (Phi) is 3.01. The number of nitrogens with two attached hydrogens (primary N) is 1. The Labute approximate surface area is 103 Å². The molecule has 0 spiro atoms. The normalized spacial score (nSPS) is 21.1. The highest BCUT2D eigenvalue weighted by atomic mass is 16.4. The molecule has 18 heavy (non-hydrogen) atoms. The Morgan fingerprint density at radius 1 is 1.28 bits per heavy atom. The standard InChI is InChI=1S/C12H13N3O3/c13-10(14)6-1-3-7(4-2-6)15-11(16)8-5-9(8)12(17)18/h1-4,8-9H,5H2,(H3,13,14)(H,15,16)(H,17,18). The van der Waals surface area contributed by atoms with Crippen molar-refractivity contribution in [3.8, 4) is 0 Å². The molecule has 1 saturated carbocycles. The van der Waals surface area contributed by atoms with Gasteiger partial charge in [-0.05, 0) is 30.7 Å². The number of amidine groups is 1. The molecule has 6 nitrogen and oxygen atoms in total. The average molecular weight is 247 g/mol. The SMILES string of the molecule is N=C(N)c1ccc(NC(=O)C2CC2C(=O)O)cc1. The molecule has 94 valence electrons. The zero-order chi connectivity index (χ0) is 13.3. The van der Waals surface area contributed by atoms with Crippen LogP contribution in [-0.4, -0.2) is 22.8 Å². The molecule has 1 aliphatic carbocycles. The topological polar surface area (TPSA) is 116 Å². The van der Waals surface area contributed by atoms with Crippen LogP contribution in [0.15, 0.2) is 24.3 Å². The van der Waals surface area contributed by atoms with Crippen molar-refractivity contribution < 1.29 is 14.7 Å². The van der Waals surface area contributed by atoms with E-state index in [1.807, 2.05) is 0 Å². The molecule has 0 bridgehead atoms. The van der Waals surface area contributed by atoms with Crippen LogP contribution in [0.1, 0.15) is 12.0 Å². The molecule has 1 aromatic carbocycles. The van der Waals surface area contributed by atoms with Crippen LogP contribution in [0.2, 0.25) is 0 Å². The van der Waals surface area contributed by atoms with E-state index < -0.39 is 17.8 Å². The highest BCUT2D eigenvalue weighted by Gasteiger charge is 2.48. The molecule has 1 amide bonds. The third kappa shape index (κ3) is 2.48. The number of amides is 1. The van der Waals surface area contributed by atoms with Crippen molar-refractivity contribution in [2.45, 2.75) is 6.42 Å². The van der Waals surface area contributed by atoms with Gasteiger partial charge in [0.2, 0.25) is 5.91 Å². The van der Waals surface area contributed by atoms with E-state index in [0.29, 0.717) is 17.7 Å². The van der Waals surface area contributed by atoms with Crippen LogP contribution in [0.3, 0.4) is 0 Å². The summed E-state index contributed by atoms with van der Waals surface area (Å²) in [6, 6.07) is 6.51. The first-order chi connectivity index (χ1) is 8.49. The van der Waals surface area contributed by atoms with Crippen LogP contribution in [0, 0.1) is 17.2 Å². The van der Waals surface area contributed by atoms with Gasteiger partial charge in [0, 0.05) is 11.3 Å². The number of aliphatic carboxylic acids is 1. The maximum absolute atomic E-state index is 11.7. The van der Waals surface area contributed by atoms with Crippen LogP contribution in [0.25, 0.3) is 0 Å². The first-order valence-corrected chi connectivity index (χ1v) is 5.47. The van der Waals surface area contributed by atoms with Gasteiger partial charge in [-0.25, -0.2) is 0 Å². The predicted octanol–water partition coefficient (Wildman–Crippen LogP) is 0.630. The monoisotopic (exact) mass is 247 g/mol. The lowest BCUT2D eigenvalue weighted by atomic mass is 10.2. The fourth-order valence-corrected chi connectivity index (χ4v) is 1.73. The van der Waals surface area contributed by atoms with E-state index in [1.54, 1.807) is 24.3 Å². The van der Waals surface area contributed by atoms with Crippen molar-refractivity contribution in [1.29, 1.82) is 5.41 Å². The number of rotatable bonds is 4. The fourth-order valence-electron chi connectivity index (χ4n) is 1.73. The first kappa shape index (κ1) is 12.1. The largest absolute Gasteiger partial charge is 0.481 e. The number of hydrogen-bond donors (Lipinski definition) is 4. The van der Waals surface area contributed by atoms with Gasteiger partial charge < -0.3 is 16.2 Å². The zero-order valence-corrected chi connectivity index (χ0v) is 9.51. The van der Waals surface area contributed by atoms with Crippen molar-refractivity contribution in [1.82, 2.24) is 0 Å². The van der Waals surface area contributed by atoms with Crippen LogP contribution in [0.4, 0.5) is 5.69 Å². The van der Waals surface area contributed by atoms with Crippen molar-refractivity contribution in [3.63, 3.8) is 0 Å². The smallest absolute Gasteiger partial charge is 0.307 e. The summed E-state index contributed by atoms with van der Waals surface area (Å²) in [7, 11) is 0. The fraction of sp³-hybridized carbons (Fsp3) is 0.250. The van der Waals surface area contributed by atoms with Gasteiger partial charge in [0.15, 0.2) is 0 Å². The number of carbonyl (C=O) groups is 2. The van der Waals surface area contributed by atoms with E-state index in [4.69, 9.17) is 16.2 Å². The number of carboxylic acid groups (broad SMARTS) is 1. The number of carboxylic acids is 1. The van der Waals surface area contributed by atoms with E-state index >= 15 is 0 Å². The molecule has 2 atom stereocenters. The lowest BCUT2D eigenvalue weighted by Gasteiger charge is -2.05. The summed E-state index contributed by atoms with van der Waals surface area (Å²) in [5.41, 5.74) is 6.45. The van der Waals surface area contributed by atoms with E-state index in [0.717, 1.165) is 0 Å². The zero-order valence-electron chi connectivity index (χ0n) is 9.51. The third-order valence-corrected chi connectivity index (χ3v) is 2.91. The molecule has 6 heteroatoms. The third-order valence-electron chi connectivity index (χ3n) is 2.91. The van der Waals surface area contributed by atoms with Gasteiger partial charge in [0.1, 0.15) is 5.84 Å². The summed E-state index contributed by atoms with van der Waals surface area (Å²) in [4.78, 5) is 22.3. The van der Waals surface area contributed by atoms with Crippen molar-refractivity contribution in [2.24, 2.45) is 17.6 Å². The Balaban J connectivity index is 1.96. The van der Waals surface area contributed by atoms with E-state index in [1.165, 1.54) is 0 Å². The minimum Gasteiger partial charge on any atom is -0.481 e. The predicted molar refractivity (Wildman–Crippen MR) is 65.3 cm³/mol. The summed E-state index contributed by atoms with van der Waals surface area (Å²) >= 11 is 0. The minimum absolute atomic E-state index is 0.0407. The number of benzene rings is 1. The van der Waals surface area contributed by atoms with Crippen LogP contribution >= 0.6 is 0 Å². The number of hydrogen-bond acceptors (Lipinski definition) is 3. The van der Waals surface area contributed by atoms with Gasteiger partial charge in [-0.3, -0.25) is 15.0 Å². The summed E-state index contributed by atoms with van der Waals surface area (Å²) in [5, 5.41) is 18.6. The van der Waals surface area contributed by atoms with Gasteiger partial charge in [-0.1, -0.05) is 0 Å². The summed E-state index contributed by atoms with van der Waals surface area (Å²) in [6.07, 6.45) is 0.396. The van der Waals surface area contributed by atoms with Crippen LogP contribution < -0.4 is 11.1 Å². The van der Waals surface area contributed by atoms with Crippen molar-refractivity contribution in [3.05, 3.63) is 29.8 Å². The second kappa shape index (κ2) is 4.48. The lowest BCUT2D eigenvalue weighted by molar-refractivity contribution is -0.139. The molecule has 0 saturated heterocycles. The molecule has 2 rings (SSSR count). The second-order valence-electron chi connectivity index (χ2n) is 4.27. The number of nitrogens with one attached hydrogen (secondary N) is 2. The molecule has 5 N–H and O–H groups in total. The Bertz CT molecular complexity index is 510. The number of anilines is 1. The molecule has 0 aromatic heterocycles. The van der Waals surface area contributed by atoms with Gasteiger partial charge in [0.25, 0.3) is 0 Å². The Hall–Kier alpha value is -2.37. The molecular formula is C12H13N3O3. The van der Waals surface area contributed by atoms with E-state index in [2.05, 4.69) is 5.32 Å². The molecule has 0 heterocycles. The first-order valence-electron chi connectivity index (χ1n) is 5.47. The molecule has 1 aromatic rings. The minimum atomic E-state index is -0.929. The summed E-state index contributed by atoms with van der Waals surface area (Å²) < 4.78 is 0. The van der Waals surface area contributed by atoms with E-state index in [-0.39, 0.29) is 11.7 Å². The molecular weight excluding hydrogens is 234 g/mol. The number of nitrogen functional groups attached to an aromatic ring is 1. The number of carbonyl (C=O) groups excluding carboxylic acids is 1. The van der Waals surface area contributed by atoms with Crippen LogP contribution in [-0.2, 0) is 9.59 Å². The average Bonchev–Trinajstić information content (AvgIpc) is 3.09. The molecule has 0 radical (unpaired) electrons. The maximum atomic E-state index is 11.7. The molecule has 0 aliphatic heterocycles. The highest BCUT2D eigenvalue weighted by Crippen LogP contribution is 2.39. The Morgan fingerprint density at radius 2 is 1.89 bits per heavy atom. The van der Waals surface area contributed by atoms with Gasteiger partial charge in [-0.2, -0.15) is 0 Å². The van der Waals surface area contributed by atoms with Gasteiger partial charge >= 0.3 is 5.97 Å². The van der Waals surface area contributed by atoms with Crippen molar-refractivity contribution >= 4 is 23.4 Å². The summed E-state index contributed by atoms with van der Waals surface area (Å²) in [5.74, 6) is -2.24. The molecule has 1 fully saturated rings. The highest BCUT2D eigenvalue weighted by molar-refractivity contribution is 5.99. The molecule has 2 unspecified atom stereocenters. The lowest BCUT2D eigenvalue weighted by Crippen LogP contribution is -2.17. The van der Waals surface area contributed by atoms with E-state index in [9.17, 15) is 9.59 Å². The van der Waals surface area contributed by atoms with Gasteiger partial charge in [0.05, 0.1) is 11.8 Å². The summed E-state index contributed by atoms with van der Waals surface area (Å²) in [6.45, 7) is 0. The maximum Gasteiger partial charge on any atom is 0.307 e. The Morgan fingerprint density at radius 3 is 2.33 bits per heavy atom.